The van der Waals surface area contributed by atoms with Gasteiger partial charge in [0, 0.05) is 24.0 Å². The van der Waals surface area contributed by atoms with E-state index in [2.05, 4.69) is 5.32 Å². The van der Waals surface area contributed by atoms with Gasteiger partial charge < -0.3 is 15.4 Å². The SMILES string of the molecule is C[C@]1(c2ccccc2)CN(C(CCCNC=O)B(O)O)[C@H](c2cccc3ccccc23)[C@@H]1[N+](=O)[O-]. The summed E-state index contributed by atoms with van der Waals surface area (Å²) in [5.74, 6) is -0.750. The van der Waals surface area contributed by atoms with Gasteiger partial charge in [-0.15, -0.1) is 0 Å². The molecule has 0 aromatic heterocycles. The average Bonchev–Trinajstić information content (AvgIpc) is 3.18. The first-order chi connectivity index (χ1) is 16.9. The molecule has 1 unspecified atom stereocenters. The minimum absolute atomic E-state index is 0.214. The molecule has 1 aliphatic heterocycles. The van der Waals surface area contributed by atoms with Crippen LogP contribution in [0.3, 0.4) is 0 Å². The first-order valence-corrected chi connectivity index (χ1v) is 11.8. The molecular formula is C26H30BN3O5. The molecular weight excluding hydrogens is 445 g/mol. The Morgan fingerprint density at radius 2 is 1.83 bits per heavy atom. The van der Waals surface area contributed by atoms with Crippen molar-refractivity contribution in [3.05, 3.63) is 94.0 Å². The van der Waals surface area contributed by atoms with Crippen LogP contribution in [-0.4, -0.2) is 58.5 Å². The second kappa shape index (κ2) is 10.6. The maximum atomic E-state index is 12.8. The number of rotatable bonds is 10. The summed E-state index contributed by atoms with van der Waals surface area (Å²) in [5, 5.41) is 38.1. The fourth-order valence-corrected chi connectivity index (χ4v) is 5.67. The summed E-state index contributed by atoms with van der Waals surface area (Å²) < 4.78 is 0. The molecule has 1 amide bonds. The molecule has 3 N–H and O–H groups in total. The minimum Gasteiger partial charge on any atom is -0.426 e. The molecule has 1 saturated heterocycles. The lowest BCUT2D eigenvalue weighted by Gasteiger charge is -2.33. The molecule has 182 valence electrons. The number of hydrogen-bond acceptors (Lipinski definition) is 6. The standard InChI is InChI=1S/C26H30BN3O5/c1-26(20-11-3-2-4-12-20)17-29(23(27(32)33)15-8-16-28-18-31)24(25(26)30(34)35)22-14-7-10-19-9-5-6-13-21(19)22/h2-7,9-14,18,23-25,32-33H,8,15-17H2,1H3,(H,28,31)/t23?,24-,25+,26-/m1/s1. The first kappa shape index (κ1) is 24.8. The number of nitrogens with one attached hydrogen (secondary N) is 1. The smallest absolute Gasteiger partial charge is 0.426 e. The van der Waals surface area contributed by atoms with Gasteiger partial charge in [-0.2, -0.15) is 0 Å². The molecule has 1 fully saturated rings. The predicted octanol–water partition coefficient (Wildman–Crippen LogP) is 2.71. The third-order valence-electron chi connectivity index (χ3n) is 7.30. The zero-order chi connectivity index (χ0) is 25.0. The van der Waals surface area contributed by atoms with Crippen molar-refractivity contribution in [1.29, 1.82) is 0 Å². The zero-order valence-corrected chi connectivity index (χ0v) is 19.7. The number of carbonyl (C=O) groups is 1. The zero-order valence-electron chi connectivity index (χ0n) is 19.7. The van der Waals surface area contributed by atoms with E-state index in [4.69, 9.17) is 0 Å². The largest absolute Gasteiger partial charge is 0.469 e. The van der Waals surface area contributed by atoms with Crippen LogP contribution in [-0.2, 0) is 10.2 Å². The highest BCUT2D eigenvalue weighted by molar-refractivity contribution is 6.43. The van der Waals surface area contributed by atoms with E-state index >= 15 is 0 Å². The van der Waals surface area contributed by atoms with E-state index in [9.17, 15) is 25.0 Å². The van der Waals surface area contributed by atoms with E-state index in [-0.39, 0.29) is 11.5 Å². The lowest BCUT2D eigenvalue weighted by molar-refractivity contribution is -0.535. The quantitative estimate of drug-likeness (QED) is 0.137. The molecule has 1 aliphatic rings. The predicted molar refractivity (Wildman–Crippen MR) is 135 cm³/mol. The molecule has 4 atom stereocenters. The van der Waals surface area contributed by atoms with Crippen molar-refractivity contribution in [2.45, 2.75) is 43.2 Å². The van der Waals surface area contributed by atoms with Gasteiger partial charge in [0.2, 0.25) is 12.5 Å². The van der Waals surface area contributed by atoms with Gasteiger partial charge >= 0.3 is 7.12 Å². The molecule has 9 heteroatoms. The number of nitrogens with zero attached hydrogens (tertiary/aromatic N) is 2. The van der Waals surface area contributed by atoms with Crippen LogP contribution in [0, 0.1) is 10.1 Å². The van der Waals surface area contributed by atoms with Crippen LogP contribution in [0.5, 0.6) is 0 Å². The van der Waals surface area contributed by atoms with Gasteiger partial charge in [0.15, 0.2) is 0 Å². The van der Waals surface area contributed by atoms with Crippen molar-refractivity contribution in [3.63, 3.8) is 0 Å². The molecule has 4 rings (SSSR count). The van der Waals surface area contributed by atoms with Crippen LogP contribution in [0.2, 0.25) is 0 Å². The van der Waals surface area contributed by atoms with Crippen LogP contribution in [0.1, 0.15) is 36.9 Å². The molecule has 0 saturated carbocycles. The Labute approximate surface area is 204 Å². The number of benzene rings is 3. The third kappa shape index (κ3) is 4.80. The summed E-state index contributed by atoms with van der Waals surface area (Å²) in [6.45, 7) is 2.55. The maximum absolute atomic E-state index is 12.8. The van der Waals surface area contributed by atoms with Crippen molar-refractivity contribution in [2.75, 3.05) is 13.1 Å². The topological polar surface area (TPSA) is 116 Å². The highest BCUT2D eigenvalue weighted by atomic mass is 16.6. The summed E-state index contributed by atoms with van der Waals surface area (Å²) in [4.78, 5) is 25.1. The van der Waals surface area contributed by atoms with Crippen molar-refractivity contribution in [2.24, 2.45) is 0 Å². The van der Waals surface area contributed by atoms with Crippen LogP contribution in [0.15, 0.2) is 72.8 Å². The second-order valence-electron chi connectivity index (χ2n) is 9.39. The van der Waals surface area contributed by atoms with Gasteiger partial charge in [-0.25, -0.2) is 0 Å². The maximum Gasteiger partial charge on any atom is 0.469 e. The highest BCUT2D eigenvalue weighted by Gasteiger charge is 2.61. The van der Waals surface area contributed by atoms with E-state index in [0.717, 1.165) is 21.9 Å². The van der Waals surface area contributed by atoms with Crippen molar-refractivity contribution in [3.8, 4) is 0 Å². The average molecular weight is 475 g/mol. The van der Waals surface area contributed by atoms with Gasteiger partial charge in [-0.3, -0.25) is 19.8 Å². The summed E-state index contributed by atoms with van der Waals surface area (Å²) in [6.07, 6.45) is 1.47. The van der Waals surface area contributed by atoms with Crippen LogP contribution >= 0.6 is 0 Å². The minimum atomic E-state index is -1.70. The Hall–Kier alpha value is -3.27. The third-order valence-corrected chi connectivity index (χ3v) is 7.30. The molecule has 0 spiro atoms. The molecule has 8 nitrogen and oxygen atoms in total. The molecule has 0 radical (unpaired) electrons. The van der Waals surface area contributed by atoms with E-state index in [0.29, 0.717) is 25.8 Å². The molecule has 0 aliphatic carbocycles. The molecule has 0 bridgehead atoms. The van der Waals surface area contributed by atoms with Crippen LogP contribution in [0.25, 0.3) is 10.8 Å². The summed E-state index contributed by atoms with van der Waals surface area (Å²) in [6, 6.07) is 21.2. The first-order valence-electron chi connectivity index (χ1n) is 11.8. The van der Waals surface area contributed by atoms with E-state index in [1.165, 1.54) is 0 Å². The lowest BCUT2D eigenvalue weighted by atomic mass is 9.74. The number of fused-ring (bicyclic) bond motifs is 1. The van der Waals surface area contributed by atoms with E-state index in [1.54, 1.807) is 0 Å². The summed E-state index contributed by atoms with van der Waals surface area (Å²) in [7, 11) is -1.70. The Kier molecular flexibility index (Phi) is 7.49. The number of likely N-dealkylation sites (tertiary alicyclic amines) is 1. The molecule has 3 aromatic carbocycles. The monoisotopic (exact) mass is 475 g/mol. The van der Waals surface area contributed by atoms with Gasteiger partial charge in [0.1, 0.15) is 6.04 Å². The Bertz CT molecular complexity index is 1170. The fraction of sp³-hybridized carbons (Fsp3) is 0.346. The highest BCUT2D eigenvalue weighted by Crippen LogP contribution is 2.49. The number of carbonyl (C=O) groups excluding carboxylic acids is 1. The number of amides is 1. The normalized spacial score (nSPS) is 23.2. The van der Waals surface area contributed by atoms with Gasteiger partial charge in [0.25, 0.3) is 0 Å². The molecule has 35 heavy (non-hydrogen) atoms. The Balaban J connectivity index is 1.88. The van der Waals surface area contributed by atoms with Gasteiger partial charge in [-0.05, 0) is 41.7 Å². The van der Waals surface area contributed by atoms with Crippen molar-refractivity contribution < 1.29 is 19.8 Å². The van der Waals surface area contributed by atoms with Crippen molar-refractivity contribution >= 4 is 24.3 Å². The Morgan fingerprint density at radius 1 is 1.14 bits per heavy atom. The van der Waals surface area contributed by atoms with Gasteiger partial charge in [-0.1, -0.05) is 72.8 Å². The van der Waals surface area contributed by atoms with Crippen molar-refractivity contribution in [1.82, 2.24) is 10.2 Å². The molecule has 3 aromatic rings. The van der Waals surface area contributed by atoms with E-state index in [1.807, 2.05) is 84.6 Å². The van der Waals surface area contributed by atoms with E-state index < -0.39 is 30.6 Å². The second-order valence-corrected chi connectivity index (χ2v) is 9.39. The lowest BCUT2D eigenvalue weighted by Crippen LogP contribution is -2.48. The summed E-state index contributed by atoms with van der Waals surface area (Å²) in [5.41, 5.74) is 0.755. The summed E-state index contributed by atoms with van der Waals surface area (Å²) >= 11 is 0. The number of hydrogen-bond donors (Lipinski definition) is 3. The Morgan fingerprint density at radius 3 is 2.51 bits per heavy atom. The molecule has 1 heterocycles. The number of nitro groups is 1. The van der Waals surface area contributed by atoms with Crippen LogP contribution < -0.4 is 5.32 Å². The van der Waals surface area contributed by atoms with Gasteiger partial charge in [0.05, 0.1) is 5.41 Å². The fourth-order valence-electron chi connectivity index (χ4n) is 5.67. The van der Waals surface area contributed by atoms with Crippen LogP contribution in [0.4, 0.5) is 0 Å².